The molecule has 4 rings (SSSR count). The summed E-state index contributed by atoms with van der Waals surface area (Å²) < 4.78 is 81.3. The Morgan fingerprint density at radius 1 is 1.10 bits per heavy atom. The number of hydrogen-bond acceptors (Lipinski definition) is 5. The summed E-state index contributed by atoms with van der Waals surface area (Å²) in [6.07, 6.45) is -2.82. The van der Waals surface area contributed by atoms with Crippen molar-refractivity contribution < 1.29 is 26.3 Å². The Balaban J connectivity index is 1.78. The molecule has 0 radical (unpaired) electrons. The molecule has 4 aromatic rings. The number of rotatable bonds is 3. The number of hydrogen-bond donors (Lipinski definition) is 1. The second-order valence-corrected chi connectivity index (χ2v) is 6.15. The molecule has 1 aromatic carbocycles. The monoisotopic (exact) mass is 422 g/mol. The highest BCUT2D eigenvalue weighted by molar-refractivity contribution is 5.94. The number of pyridine rings is 2. The van der Waals surface area contributed by atoms with Gasteiger partial charge in [0.15, 0.2) is 28.9 Å². The molecule has 0 aliphatic heterocycles. The summed E-state index contributed by atoms with van der Waals surface area (Å²) in [5.41, 5.74) is -1.50. The summed E-state index contributed by atoms with van der Waals surface area (Å²) in [5, 5.41) is 19.3. The van der Waals surface area contributed by atoms with Gasteiger partial charge >= 0.3 is 6.18 Å². The summed E-state index contributed by atoms with van der Waals surface area (Å²) in [6.45, 7) is -0.253. The van der Waals surface area contributed by atoms with Crippen LogP contribution in [0, 0.1) is 28.8 Å². The van der Waals surface area contributed by atoms with Crippen molar-refractivity contribution in [1.29, 1.82) is 5.26 Å². The Labute approximate surface area is 163 Å². The van der Waals surface area contributed by atoms with E-state index in [0.717, 1.165) is 28.9 Å². The lowest BCUT2D eigenvalue weighted by Crippen LogP contribution is -2.10. The quantitative estimate of drug-likeness (QED) is 0.396. The zero-order valence-electron chi connectivity index (χ0n) is 14.6. The first-order chi connectivity index (χ1) is 14.2. The fourth-order valence-electron chi connectivity index (χ4n) is 2.91. The molecule has 3 aromatic heterocycles. The number of alkyl halides is 3. The van der Waals surface area contributed by atoms with Crippen LogP contribution in [0.5, 0.6) is 0 Å². The largest absolute Gasteiger partial charge is 0.417 e. The van der Waals surface area contributed by atoms with Gasteiger partial charge in [0.25, 0.3) is 0 Å². The maximum absolute atomic E-state index is 14.0. The fraction of sp³-hybridized carbons (Fsp3) is 0.111. The molecule has 0 atom stereocenters. The van der Waals surface area contributed by atoms with Gasteiger partial charge < -0.3 is 5.32 Å². The van der Waals surface area contributed by atoms with E-state index in [1.165, 1.54) is 0 Å². The van der Waals surface area contributed by atoms with Gasteiger partial charge in [0.2, 0.25) is 0 Å². The first kappa shape index (κ1) is 19.4. The number of benzene rings is 1. The van der Waals surface area contributed by atoms with Crippen LogP contribution in [0.2, 0.25) is 0 Å². The molecule has 0 fully saturated rings. The molecule has 0 bridgehead atoms. The molecule has 0 saturated carbocycles. The molecule has 12 heteroatoms. The van der Waals surface area contributed by atoms with E-state index in [2.05, 4.69) is 20.5 Å². The zero-order chi connectivity index (χ0) is 21.6. The Morgan fingerprint density at radius 2 is 1.87 bits per heavy atom. The van der Waals surface area contributed by atoms with E-state index in [1.54, 1.807) is 6.07 Å². The molecule has 0 amide bonds. The van der Waals surface area contributed by atoms with Crippen molar-refractivity contribution in [1.82, 2.24) is 19.6 Å². The lowest BCUT2D eigenvalue weighted by atomic mass is 10.1. The van der Waals surface area contributed by atoms with Crippen LogP contribution in [-0.4, -0.2) is 19.6 Å². The normalized spacial score (nSPS) is 11.8. The van der Waals surface area contributed by atoms with Gasteiger partial charge in [0.1, 0.15) is 11.6 Å². The number of halogens is 6. The van der Waals surface area contributed by atoms with Crippen LogP contribution in [0.4, 0.5) is 32.0 Å². The van der Waals surface area contributed by atoms with Crippen molar-refractivity contribution in [3.63, 3.8) is 0 Å². The zero-order valence-corrected chi connectivity index (χ0v) is 14.6. The van der Waals surface area contributed by atoms with Gasteiger partial charge in [-0.25, -0.2) is 13.2 Å². The van der Waals surface area contributed by atoms with Crippen molar-refractivity contribution in [2.24, 2.45) is 0 Å². The van der Waals surface area contributed by atoms with Crippen molar-refractivity contribution >= 4 is 22.2 Å². The molecular formula is C18H8F6N6. The highest BCUT2D eigenvalue weighted by Gasteiger charge is 2.31. The second kappa shape index (κ2) is 6.87. The van der Waals surface area contributed by atoms with E-state index in [0.29, 0.717) is 6.07 Å². The lowest BCUT2D eigenvalue weighted by molar-refractivity contribution is -0.137. The van der Waals surface area contributed by atoms with Gasteiger partial charge in [-0.2, -0.15) is 18.4 Å². The summed E-state index contributed by atoms with van der Waals surface area (Å²) in [6, 6.07) is 4.44. The lowest BCUT2D eigenvalue weighted by Gasteiger charge is -2.12. The maximum Gasteiger partial charge on any atom is 0.417 e. The van der Waals surface area contributed by atoms with Crippen molar-refractivity contribution in [2.45, 2.75) is 12.7 Å². The number of nitrogens with zero attached hydrogens (tertiary/aromatic N) is 5. The average molecular weight is 422 g/mol. The molecule has 0 saturated heterocycles. The first-order valence-electron chi connectivity index (χ1n) is 8.21. The number of nitrogens with one attached hydrogen (secondary N) is 1. The van der Waals surface area contributed by atoms with Crippen LogP contribution in [0.15, 0.2) is 30.6 Å². The predicted octanol–water partition coefficient (Wildman–Crippen LogP) is 4.20. The van der Waals surface area contributed by atoms with Crippen molar-refractivity contribution in [3.8, 4) is 6.07 Å². The van der Waals surface area contributed by atoms with E-state index in [9.17, 15) is 31.6 Å². The minimum absolute atomic E-state index is 0.0352. The van der Waals surface area contributed by atoms with E-state index >= 15 is 0 Å². The highest BCUT2D eigenvalue weighted by atomic mass is 19.4. The second-order valence-electron chi connectivity index (χ2n) is 6.15. The minimum atomic E-state index is -4.59. The number of fused-ring (bicyclic) bond motifs is 2. The highest BCUT2D eigenvalue weighted by Crippen LogP contribution is 2.31. The van der Waals surface area contributed by atoms with E-state index in [4.69, 9.17) is 0 Å². The maximum atomic E-state index is 14.0. The molecular weight excluding hydrogens is 414 g/mol. The Morgan fingerprint density at radius 3 is 2.57 bits per heavy atom. The summed E-state index contributed by atoms with van der Waals surface area (Å²) in [5.74, 6) is -4.69. The van der Waals surface area contributed by atoms with Crippen molar-refractivity contribution in [3.05, 3.63) is 65.0 Å². The third-order valence-electron chi connectivity index (χ3n) is 4.34. The van der Waals surface area contributed by atoms with Gasteiger partial charge in [-0.3, -0.25) is 9.38 Å². The van der Waals surface area contributed by atoms with Crippen LogP contribution in [0.25, 0.3) is 16.6 Å². The SMILES string of the molecule is N#Cc1cnc2c(F)c(F)c(F)cc2c1NCc1nnc2ccc(C(F)(F)F)cn12. The predicted molar refractivity (Wildman–Crippen MR) is 91.6 cm³/mol. The minimum Gasteiger partial charge on any atom is -0.376 e. The standard InChI is InChI=1S/C18H8F6N6/c19-11-3-10-16(8(4-25)5-26-17(10)15(21)14(11)20)27-6-13-29-28-12-2-1-9(7-30(12)13)18(22,23)24/h1-3,5,7H,6H2,(H,26,27). The van der Waals surface area contributed by atoms with Crippen LogP contribution in [0.3, 0.4) is 0 Å². The number of aromatic nitrogens is 4. The summed E-state index contributed by atoms with van der Waals surface area (Å²) >= 11 is 0. The fourth-order valence-corrected chi connectivity index (χ4v) is 2.91. The molecule has 6 nitrogen and oxygen atoms in total. The average Bonchev–Trinajstić information content (AvgIpc) is 3.12. The topological polar surface area (TPSA) is 78.9 Å². The van der Waals surface area contributed by atoms with E-state index in [1.807, 2.05) is 0 Å². The van der Waals surface area contributed by atoms with E-state index < -0.39 is 34.7 Å². The molecule has 30 heavy (non-hydrogen) atoms. The smallest absolute Gasteiger partial charge is 0.376 e. The van der Waals surface area contributed by atoms with Gasteiger partial charge in [-0.1, -0.05) is 0 Å². The Hall–Kier alpha value is -3.88. The Kier molecular flexibility index (Phi) is 4.45. The van der Waals surface area contributed by atoms with Crippen LogP contribution >= 0.6 is 0 Å². The number of anilines is 1. The van der Waals surface area contributed by atoms with Gasteiger partial charge in [0, 0.05) is 17.8 Å². The molecule has 152 valence electrons. The third-order valence-corrected chi connectivity index (χ3v) is 4.34. The van der Waals surface area contributed by atoms with Gasteiger partial charge in [-0.05, 0) is 18.2 Å². The summed E-state index contributed by atoms with van der Waals surface area (Å²) in [7, 11) is 0. The van der Waals surface area contributed by atoms with Gasteiger partial charge in [-0.15, -0.1) is 10.2 Å². The first-order valence-corrected chi connectivity index (χ1v) is 8.21. The van der Waals surface area contributed by atoms with Crippen LogP contribution in [-0.2, 0) is 12.7 Å². The molecule has 0 unspecified atom stereocenters. The summed E-state index contributed by atoms with van der Waals surface area (Å²) in [4.78, 5) is 3.65. The third kappa shape index (κ3) is 3.14. The van der Waals surface area contributed by atoms with Gasteiger partial charge in [0.05, 0.1) is 23.4 Å². The molecule has 1 N–H and O–H groups in total. The molecule has 0 aliphatic carbocycles. The van der Waals surface area contributed by atoms with Crippen LogP contribution < -0.4 is 5.32 Å². The Bertz CT molecular complexity index is 1340. The molecule has 3 heterocycles. The molecule has 0 aliphatic rings. The van der Waals surface area contributed by atoms with Crippen LogP contribution in [0.1, 0.15) is 17.0 Å². The van der Waals surface area contributed by atoms with E-state index in [-0.39, 0.29) is 34.7 Å². The molecule has 0 spiro atoms. The number of nitriles is 1. The van der Waals surface area contributed by atoms with Crippen molar-refractivity contribution in [2.75, 3.05) is 5.32 Å².